The molecule has 2 rings (SSSR count). The van der Waals surface area contributed by atoms with Crippen LogP contribution in [0.1, 0.15) is 33.3 Å². The summed E-state index contributed by atoms with van der Waals surface area (Å²) in [5.41, 5.74) is 6.19. The molecule has 0 bridgehead atoms. The van der Waals surface area contributed by atoms with Crippen LogP contribution in [0, 0.1) is 5.92 Å². The minimum Gasteiger partial charge on any atom is -0.368 e. The van der Waals surface area contributed by atoms with Crippen molar-refractivity contribution in [2.24, 2.45) is 11.7 Å². The number of rotatable bonds is 8. The minimum absolute atomic E-state index is 0.127. The molecule has 3 N–H and O–H groups in total. The van der Waals surface area contributed by atoms with E-state index in [0.29, 0.717) is 0 Å². The van der Waals surface area contributed by atoms with Gasteiger partial charge in [-0.15, -0.1) is 0 Å². The van der Waals surface area contributed by atoms with E-state index in [1.165, 1.54) is 4.90 Å². The van der Waals surface area contributed by atoms with E-state index < -0.39 is 11.9 Å². The molecule has 0 heterocycles. The van der Waals surface area contributed by atoms with E-state index in [-0.39, 0.29) is 36.7 Å². The van der Waals surface area contributed by atoms with Crippen molar-refractivity contribution in [1.82, 2.24) is 10.2 Å². The zero-order valence-corrected chi connectivity index (χ0v) is 16.9. The molecule has 0 aromatic heterocycles. The van der Waals surface area contributed by atoms with E-state index in [0.717, 1.165) is 16.3 Å². The fourth-order valence-corrected chi connectivity index (χ4v) is 3.22. The Balaban J connectivity index is 2.18. The molecule has 28 heavy (non-hydrogen) atoms. The van der Waals surface area contributed by atoms with Crippen LogP contribution in [-0.2, 0) is 20.8 Å². The minimum atomic E-state index is -0.718. The Labute approximate surface area is 166 Å². The second kappa shape index (κ2) is 9.35. The first kappa shape index (κ1) is 21.4. The van der Waals surface area contributed by atoms with Crippen molar-refractivity contribution in [2.45, 2.75) is 46.2 Å². The van der Waals surface area contributed by atoms with E-state index in [1.54, 1.807) is 0 Å². The first-order valence-electron chi connectivity index (χ1n) is 9.55. The number of amides is 3. The summed E-state index contributed by atoms with van der Waals surface area (Å²) >= 11 is 0. The maximum atomic E-state index is 13.0. The average molecular weight is 383 g/mol. The predicted molar refractivity (Wildman–Crippen MR) is 110 cm³/mol. The molecular formula is C22H29N3O3. The van der Waals surface area contributed by atoms with E-state index >= 15 is 0 Å². The maximum Gasteiger partial charge on any atom is 0.246 e. The van der Waals surface area contributed by atoms with Crippen molar-refractivity contribution >= 4 is 28.5 Å². The summed E-state index contributed by atoms with van der Waals surface area (Å²) in [5.74, 6) is -1.23. The highest BCUT2D eigenvalue weighted by Gasteiger charge is 2.30. The summed E-state index contributed by atoms with van der Waals surface area (Å²) in [5, 5.41) is 4.94. The van der Waals surface area contributed by atoms with Crippen molar-refractivity contribution in [3.63, 3.8) is 0 Å². The van der Waals surface area contributed by atoms with Crippen LogP contribution in [0.25, 0.3) is 10.8 Å². The molecule has 2 aromatic carbocycles. The summed E-state index contributed by atoms with van der Waals surface area (Å²) in [6.07, 6.45) is 0.176. The molecule has 150 valence electrons. The van der Waals surface area contributed by atoms with E-state index in [9.17, 15) is 14.4 Å². The van der Waals surface area contributed by atoms with Crippen molar-refractivity contribution in [3.8, 4) is 0 Å². The lowest BCUT2D eigenvalue weighted by molar-refractivity contribution is -0.141. The number of primary amides is 1. The maximum absolute atomic E-state index is 13.0. The van der Waals surface area contributed by atoms with Crippen LogP contribution in [0.4, 0.5) is 0 Å². The standard InChI is InChI=1S/C22H29N3O3/c1-14(2)21(22(28)25(15(3)4)13-19(23)26)24-20(27)12-17-10-7-9-16-8-5-6-11-18(16)17/h5-11,14-15,21H,12-13H2,1-4H3,(H2,23,26)(H,24,27)/t21-/m1/s1. The summed E-state index contributed by atoms with van der Waals surface area (Å²) in [6.45, 7) is 7.19. The molecular weight excluding hydrogens is 354 g/mol. The van der Waals surface area contributed by atoms with Crippen LogP contribution in [0.5, 0.6) is 0 Å². The van der Waals surface area contributed by atoms with Gasteiger partial charge >= 0.3 is 0 Å². The van der Waals surface area contributed by atoms with Crippen molar-refractivity contribution in [2.75, 3.05) is 6.54 Å². The summed E-state index contributed by atoms with van der Waals surface area (Å²) in [7, 11) is 0. The van der Waals surface area contributed by atoms with Gasteiger partial charge in [0.2, 0.25) is 17.7 Å². The molecule has 0 aliphatic carbocycles. The molecule has 0 saturated carbocycles. The molecule has 0 fully saturated rings. The fourth-order valence-electron chi connectivity index (χ4n) is 3.22. The lowest BCUT2D eigenvalue weighted by Crippen LogP contribution is -2.55. The Morgan fingerprint density at radius 2 is 1.64 bits per heavy atom. The number of hydrogen-bond acceptors (Lipinski definition) is 3. The molecule has 3 amide bonds. The molecule has 0 radical (unpaired) electrons. The number of nitrogens with zero attached hydrogens (tertiary/aromatic N) is 1. The van der Waals surface area contributed by atoms with Crippen LogP contribution in [0.3, 0.4) is 0 Å². The van der Waals surface area contributed by atoms with Crippen LogP contribution in [0.15, 0.2) is 42.5 Å². The SMILES string of the molecule is CC(C)[C@@H](NC(=O)Cc1cccc2ccccc12)C(=O)N(CC(N)=O)C(C)C. The fraction of sp³-hybridized carbons (Fsp3) is 0.409. The third-order valence-corrected chi connectivity index (χ3v) is 4.71. The third-order valence-electron chi connectivity index (χ3n) is 4.71. The number of hydrogen-bond donors (Lipinski definition) is 2. The number of nitrogens with two attached hydrogens (primary N) is 1. The number of carbonyl (C=O) groups is 3. The molecule has 6 nitrogen and oxygen atoms in total. The zero-order valence-electron chi connectivity index (χ0n) is 16.9. The van der Waals surface area contributed by atoms with Crippen molar-refractivity contribution in [1.29, 1.82) is 0 Å². The monoisotopic (exact) mass is 383 g/mol. The van der Waals surface area contributed by atoms with Gasteiger partial charge in [-0.25, -0.2) is 0 Å². The molecule has 0 unspecified atom stereocenters. The number of benzene rings is 2. The van der Waals surface area contributed by atoms with Crippen LogP contribution >= 0.6 is 0 Å². The van der Waals surface area contributed by atoms with Gasteiger partial charge in [0.15, 0.2) is 0 Å². The second-order valence-electron chi connectivity index (χ2n) is 7.63. The molecule has 0 saturated heterocycles. The van der Waals surface area contributed by atoms with Crippen LogP contribution < -0.4 is 11.1 Å². The number of nitrogens with one attached hydrogen (secondary N) is 1. The Morgan fingerprint density at radius 1 is 1.00 bits per heavy atom. The second-order valence-corrected chi connectivity index (χ2v) is 7.63. The lowest BCUT2D eigenvalue weighted by Gasteiger charge is -2.31. The van der Waals surface area contributed by atoms with Gasteiger partial charge in [0.05, 0.1) is 13.0 Å². The smallest absolute Gasteiger partial charge is 0.246 e. The van der Waals surface area contributed by atoms with E-state index in [2.05, 4.69) is 5.32 Å². The lowest BCUT2D eigenvalue weighted by atomic mass is 9.99. The van der Waals surface area contributed by atoms with Gasteiger partial charge in [0, 0.05) is 6.04 Å². The van der Waals surface area contributed by atoms with Crippen LogP contribution in [0.2, 0.25) is 0 Å². The highest BCUT2D eigenvalue weighted by molar-refractivity contribution is 5.93. The Hall–Kier alpha value is -2.89. The van der Waals surface area contributed by atoms with Gasteiger partial charge < -0.3 is 16.0 Å². The number of fused-ring (bicyclic) bond motifs is 1. The quantitative estimate of drug-likeness (QED) is 0.732. The Kier molecular flexibility index (Phi) is 7.15. The van der Waals surface area contributed by atoms with Gasteiger partial charge in [0.25, 0.3) is 0 Å². The zero-order chi connectivity index (χ0) is 20.8. The largest absolute Gasteiger partial charge is 0.368 e. The normalized spacial score (nSPS) is 12.2. The molecule has 2 aromatic rings. The van der Waals surface area contributed by atoms with Gasteiger partial charge in [-0.05, 0) is 36.1 Å². The van der Waals surface area contributed by atoms with Crippen LogP contribution in [-0.4, -0.2) is 41.2 Å². The van der Waals surface area contributed by atoms with Crippen molar-refractivity contribution < 1.29 is 14.4 Å². The predicted octanol–water partition coefficient (Wildman–Crippen LogP) is 2.25. The van der Waals surface area contributed by atoms with Crippen molar-refractivity contribution in [3.05, 3.63) is 48.0 Å². The van der Waals surface area contributed by atoms with E-state index in [4.69, 9.17) is 5.73 Å². The number of carbonyl (C=O) groups excluding carboxylic acids is 3. The molecule has 0 spiro atoms. The Bertz CT molecular complexity index is 856. The van der Waals surface area contributed by atoms with Gasteiger partial charge in [0.1, 0.15) is 6.04 Å². The Morgan fingerprint density at radius 3 is 2.25 bits per heavy atom. The summed E-state index contributed by atoms with van der Waals surface area (Å²) in [6, 6.07) is 12.8. The molecule has 0 aliphatic rings. The van der Waals surface area contributed by atoms with E-state index in [1.807, 2.05) is 70.2 Å². The highest BCUT2D eigenvalue weighted by atomic mass is 16.2. The molecule has 1 atom stereocenters. The average Bonchev–Trinajstić information content (AvgIpc) is 2.63. The molecule has 0 aliphatic heterocycles. The first-order chi connectivity index (χ1) is 13.2. The van der Waals surface area contributed by atoms with Gasteiger partial charge in [-0.1, -0.05) is 56.3 Å². The first-order valence-corrected chi connectivity index (χ1v) is 9.55. The van der Waals surface area contributed by atoms with Gasteiger partial charge in [-0.3, -0.25) is 14.4 Å². The topological polar surface area (TPSA) is 92.5 Å². The summed E-state index contributed by atoms with van der Waals surface area (Å²) in [4.78, 5) is 38.4. The molecule has 6 heteroatoms. The highest BCUT2D eigenvalue weighted by Crippen LogP contribution is 2.19. The third kappa shape index (κ3) is 5.31. The van der Waals surface area contributed by atoms with Gasteiger partial charge in [-0.2, -0.15) is 0 Å². The summed E-state index contributed by atoms with van der Waals surface area (Å²) < 4.78 is 0.